The van der Waals surface area contributed by atoms with Gasteiger partial charge in [-0.05, 0) is 60.6 Å². The maximum absolute atomic E-state index is 12.7. The minimum absolute atomic E-state index is 0.0183. The molecule has 124 valence electrons. The van der Waals surface area contributed by atoms with Crippen molar-refractivity contribution in [2.45, 2.75) is 20.3 Å². The van der Waals surface area contributed by atoms with E-state index in [-0.39, 0.29) is 16.9 Å². The number of anilines is 2. The zero-order chi connectivity index (χ0) is 17.7. The summed E-state index contributed by atoms with van der Waals surface area (Å²) in [5.41, 5.74) is 8.58. The van der Waals surface area contributed by atoms with Gasteiger partial charge in [0.05, 0.1) is 5.69 Å². The van der Waals surface area contributed by atoms with Gasteiger partial charge in [-0.25, -0.2) is 0 Å². The summed E-state index contributed by atoms with van der Waals surface area (Å²) >= 11 is 5.05. The number of rotatable bonds is 4. The Morgan fingerprint density at radius 3 is 2.12 bits per heavy atom. The Morgan fingerprint density at radius 1 is 1.08 bits per heavy atom. The van der Waals surface area contributed by atoms with Crippen LogP contribution in [0.1, 0.15) is 29.8 Å². The molecule has 0 aliphatic carbocycles. The van der Waals surface area contributed by atoms with E-state index in [1.165, 1.54) is 11.8 Å². The van der Waals surface area contributed by atoms with E-state index in [1.807, 2.05) is 24.3 Å². The van der Waals surface area contributed by atoms with Gasteiger partial charge in [-0.1, -0.05) is 19.1 Å². The molecule has 0 aliphatic heterocycles. The second-order valence-corrected chi connectivity index (χ2v) is 5.68. The number of hydrogen-bond donors (Lipinski definition) is 2. The quantitative estimate of drug-likeness (QED) is 0.838. The highest BCUT2D eigenvalue weighted by atomic mass is 32.1. The molecule has 0 aromatic heterocycles. The van der Waals surface area contributed by atoms with Gasteiger partial charge in [0, 0.05) is 18.2 Å². The van der Waals surface area contributed by atoms with Crippen molar-refractivity contribution < 1.29 is 9.59 Å². The summed E-state index contributed by atoms with van der Waals surface area (Å²) in [7, 11) is 0. The number of thiocarbonyl (C=S) groups is 1. The monoisotopic (exact) mass is 341 g/mol. The molecule has 2 amide bonds. The maximum atomic E-state index is 12.7. The number of carbonyl (C=O) groups is 2. The van der Waals surface area contributed by atoms with E-state index in [1.54, 1.807) is 24.3 Å². The standard InChI is InChI=1S/C18H19N3O2S/c1-3-13-4-10-16(11-5-13)21(18(19)24)17(23)14-6-8-15(9-7-14)20-12(2)22/h4-11H,3H2,1-2H3,(H2,19,24)(H,20,22). The normalized spacial score (nSPS) is 10.1. The average molecular weight is 341 g/mol. The first-order valence-electron chi connectivity index (χ1n) is 7.53. The number of carbonyl (C=O) groups excluding carboxylic acids is 2. The van der Waals surface area contributed by atoms with Gasteiger partial charge in [-0.2, -0.15) is 0 Å². The Bertz CT molecular complexity index is 755. The molecule has 2 aromatic rings. The highest BCUT2D eigenvalue weighted by molar-refractivity contribution is 7.80. The van der Waals surface area contributed by atoms with Gasteiger partial charge >= 0.3 is 0 Å². The third kappa shape index (κ3) is 4.17. The number of nitrogens with two attached hydrogens (primary N) is 1. The predicted molar refractivity (Wildman–Crippen MR) is 100 cm³/mol. The molecule has 0 radical (unpaired) electrons. The first kappa shape index (κ1) is 17.6. The summed E-state index contributed by atoms with van der Waals surface area (Å²) in [5.74, 6) is -0.490. The van der Waals surface area contributed by atoms with E-state index < -0.39 is 0 Å². The fourth-order valence-electron chi connectivity index (χ4n) is 2.25. The van der Waals surface area contributed by atoms with E-state index in [9.17, 15) is 9.59 Å². The van der Waals surface area contributed by atoms with E-state index in [0.717, 1.165) is 12.0 Å². The largest absolute Gasteiger partial charge is 0.376 e. The summed E-state index contributed by atoms with van der Waals surface area (Å²) in [6.45, 7) is 3.48. The van der Waals surface area contributed by atoms with Gasteiger partial charge < -0.3 is 11.1 Å². The molecule has 5 nitrogen and oxygen atoms in total. The zero-order valence-corrected chi connectivity index (χ0v) is 14.4. The lowest BCUT2D eigenvalue weighted by Crippen LogP contribution is -2.40. The summed E-state index contributed by atoms with van der Waals surface area (Å²) in [6.07, 6.45) is 0.909. The second-order valence-electron chi connectivity index (χ2n) is 5.26. The van der Waals surface area contributed by atoms with Crippen molar-refractivity contribution in [3.8, 4) is 0 Å². The van der Waals surface area contributed by atoms with Crippen LogP contribution in [0, 0.1) is 0 Å². The summed E-state index contributed by atoms with van der Waals surface area (Å²) in [4.78, 5) is 25.1. The molecule has 0 unspecified atom stereocenters. The van der Waals surface area contributed by atoms with Crippen molar-refractivity contribution in [2.24, 2.45) is 5.73 Å². The summed E-state index contributed by atoms with van der Waals surface area (Å²) < 4.78 is 0. The minimum atomic E-state index is -0.318. The molecule has 0 spiro atoms. The molecule has 6 heteroatoms. The van der Waals surface area contributed by atoms with E-state index >= 15 is 0 Å². The summed E-state index contributed by atoms with van der Waals surface area (Å²) in [6, 6.07) is 14.1. The van der Waals surface area contributed by atoms with Crippen LogP contribution in [-0.2, 0) is 11.2 Å². The first-order chi connectivity index (χ1) is 11.4. The minimum Gasteiger partial charge on any atom is -0.376 e. The first-order valence-corrected chi connectivity index (χ1v) is 7.93. The van der Waals surface area contributed by atoms with Gasteiger partial charge in [0.25, 0.3) is 5.91 Å². The highest BCUT2D eigenvalue weighted by Gasteiger charge is 2.20. The number of benzene rings is 2. The number of aryl methyl sites for hydroxylation is 1. The molecule has 0 fully saturated rings. The smallest absolute Gasteiger partial charge is 0.264 e. The van der Waals surface area contributed by atoms with Gasteiger partial charge in [0.15, 0.2) is 5.11 Å². The molecule has 3 N–H and O–H groups in total. The van der Waals surface area contributed by atoms with Crippen molar-refractivity contribution in [3.05, 3.63) is 59.7 Å². The van der Waals surface area contributed by atoms with Crippen molar-refractivity contribution in [3.63, 3.8) is 0 Å². The van der Waals surface area contributed by atoms with Crippen LogP contribution in [0.5, 0.6) is 0 Å². The predicted octanol–water partition coefficient (Wildman–Crippen LogP) is 3.10. The Hall–Kier alpha value is -2.73. The van der Waals surface area contributed by atoms with E-state index in [4.69, 9.17) is 18.0 Å². The van der Waals surface area contributed by atoms with Crippen LogP contribution < -0.4 is 16.0 Å². The molecule has 0 bridgehead atoms. The number of nitrogens with zero attached hydrogens (tertiary/aromatic N) is 1. The zero-order valence-electron chi connectivity index (χ0n) is 13.6. The molecule has 24 heavy (non-hydrogen) atoms. The van der Waals surface area contributed by atoms with Crippen LogP contribution in [0.3, 0.4) is 0 Å². The average Bonchev–Trinajstić information content (AvgIpc) is 2.55. The lowest BCUT2D eigenvalue weighted by Gasteiger charge is -2.21. The van der Waals surface area contributed by atoms with Crippen LogP contribution in [0.2, 0.25) is 0 Å². The molecular formula is C18H19N3O2S. The molecule has 0 saturated heterocycles. The Balaban J connectivity index is 2.28. The number of hydrogen-bond acceptors (Lipinski definition) is 3. The Morgan fingerprint density at radius 2 is 1.67 bits per heavy atom. The van der Waals surface area contributed by atoms with Crippen LogP contribution >= 0.6 is 12.2 Å². The van der Waals surface area contributed by atoms with Crippen molar-refractivity contribution in [2.75, 3.05) is 10.2 Å². The molecule has 0 saturated carbocycles. The van der Waals surface area contributed by atoms with Gasteiger partial charge in [-0.3, -0.25) is 14.5 Å². The number of amides is 2. The molecule has 2 rings (SSSR count). The topological polar surface area (TPSA) is 75.4 Å². The van der Waals surface area contributed by atoms with E-state index in [0.29, 0.717) is 16.9 Å². The summed E-state index contributed by atoms with van der Waals surface area (Å²) in [5, 5.41) is 2.63. The molecule has 0 atom stereocenters. The maximum Gasteiger partial charge on any atom is 0.264 e. The fraction of sp³-hybridized carbons (Fsp3) is 0.167. The van der Waals surface area contributed by atoms with Gasteiger partial charge in [-0.15, -0.1) is 0 Å². The van der Waals surface area contributed by atoms with Gasteiger partial charge in [0.2, 0.25) is 5.91 Å². The van der Waals surface area contributed by atoms with Crippen molar-refractivity contribution in [1.82, 2.24) is 0 Å². The Labute approximate surface area is 146 Å². The number of nitrogens with one attached hydrogen (secondary N) is 1. The fourth-order valence-corrected chi connectivity index (χ4v) is 2.44. The van der Waals surface area contributed by atoms with Crippen LogP contribution in [0.25, 0.3) is 0 Å². The molecule has 0 aliphatic rings. The SMILES string of the molecule is CCc1ccc(N(C(=O)c2ccc(NC(C)=O)cc2)C(N)=S)cc1. The van der Waals surface area contributed by atoms with Gasteiger partial charge in [0.1, 0.15) is 0 Å². The second kappa shape index (κ2) is 7.70. The third-order valence-corrected chi connectivity index (χ3v) is 3.66. The van der Waals surface area contributed by atoms with Crippen LogP contribution in [0.4, 0.5) is 11.4 Å². The lowest BCUT2D eigenvalue weighted by molar-refractivity contribution is -0.114. The van der Waals surface area contributed by atoms with Crippen molar-refractivity contribution in [1.29, 1.82) is 0 Å². The highest BCUT2D eigenvalue weighted by Crippen LogP contribution is 2.19. The molecule has 0 heterocycles. The van der Waals surface area contributed by atoms with Crippen LogP contribution in [-0.4, -0.2) is 16.9 Å². The van der Waals surface area contributed by atoms with E-state index in [2.05, 4.69) is 12.2 Å². The Kier molecular flexibility index (Phi) is 5.65. The van der Waals surface area contributed by atoms with Crippen LogP contribution in [0.15, 0.2) is 48.5 Å². The lowest BCUT2D eigenvalue weighted by atomic mass is 10.1. The molecular weight excluding hydrogens is 322 g/mol. The van der Waals surface area contributed by atoms with Crippen molar-refractivity contribution >= 4 is 40.5 Å². The molecule has 2 aromatic carbocycles. The third-order valence-electron chi connectivity index (χ3n) is 3.48.